The summed E-state index contributed by atoms with van der Waals surface area (Å²) in [4.78, 5) is 11.7. The van der Waals surface area contributed by atoms with Crippen molar-refractivity contribution < 1.29 is 13.2 Å². The number of benzene rings is 1. The minimum Gasteiger partial charge on any atom is -0.355 e. The Morgan fingerprint density at radius 2 is 2.00 bits per heavy atom. The molecule has 0 aliphatic heterocycles. The van der Waals surface area contributed by atoms with Crippen LogP contribution in [0.1, 0.15) is 25.8 Å². The number of nitrogens with one attached hydrogen (secondary N) is 2. The summed E-state index contributed by atoms with van der Waals surface area (Å²) in [5.41, 5.74) is 0.856. The van der Waals surface area contributed by atoms with E-state index >= 15 is 0 Å². The topological polar surface area (TPSA) is 75.3 Å². The van der Waals surface area contributed by atoms with E-state index in [-0.39, 0.29) is 17.3 Å². The van der Waals surface area contributed by atoms with Crippen molar-refractivity contribution in [1.82, 2.24) is 10.0 Å². The molecule has 0 aromatic heterocycles. The van der Waals surface area contributed by atoms with Gasteiger partial charge in [-0.05, 0) is 37.0 Å². The Bertz CT molecular complexity index is 553. The maximum atomic E-state index is 12.0. The summed E-state index contributed by atoms with van der Waals surface area (Å²) < 4.78 is 26.3. The van der Waals surface area contributed by atoms with E-state index in [0.717, 1.165) is 12.0 Å². The number of hydrogen-bond donors (Lipinski definition) is 2. The molecule has 0 aliphatic carbocycles. The Balaban J connectivity index is 2.50. The van der Waals surface area contributed by atoms with Crippen molar-refractivity contribution in [3.8, 4) is 0 Å². The molecule has 0 saturated carbocycles. The lowest BCUT2D eigenvalue weighted by Gasteiger charge is -2.09. The van der Waals surface area contributed by atoms with E-state index in [0.29, 0.717) is 12.5 Å². The highest BCUT2D eigenvalue weighted by Crippen LogP contribution is 2.10. The van der Waals surface area contributed by atoms with E-state index in [1.54, 1.807) is 12.1 Å². The van der Waals surface area contributed by atoms with E-state index in [1.807, 2.05) is 13.0 Å². The number of rotatable bonds is 7. The zero-order valence-corrected chi connectivity index (χ0v) is 13.0. The maximum Gasteiger partial charge on any atom is 0.241 e. The van der Waals surface area contributed by atoms with Crippen LogP contribution in [0.15, 0.2) is 29.2 Å². The van der Waals surface area contributed by atoms with Gasteiger partial charge in [-0.2, -0.15) is 0 Å². The predicted octanol–water partition coefficient (Wildman–Crippen LogP) is 1.44. The van der Waals surface area contributed by atoms with Crippen molar-refractivity contribution in [3.05, 3.63) is 29.8 Å². The first kappa shape index (κ1) is 16.7. The van der Waals surface area contributed by atoms with Gasteiger partial charge in [0.1, 0.15) is 0 Å². The second kappa shape index (κ2) is 7.40. The molecule has 1 aromatic rings. The molecule has 0 atom stereocenters. The average molecular weight is 298 g/mol. The van der Waals surface area contributed by atoms with Crippen LogP contribution in [0.4, 0.5) is 0 Å². The molecule has 0 unspecified atom stereocenters. The fraction of sp³-hybridized carbons (Fsp3) is 0.500. The van der Waals surface area contributed by atoms with Crippen LogP contribution in [0.25, 0.3) is 0 Å². The van der Waals surface area contributed by atoms with Gasteiger partial charge in [0.15, 0.2) is 0 Å². The molecule has 1 amide bonds. The molecule has 5 nitrogen and oxygen atoms in total. The molecule has 0 bridgehead atoms. The third-order valence-electron chi connectivity index (χ3n) is 2.77. The van der Waals surface area contributed by atoms with Gasteiger partial charge in [-0.3, -0.25) is 4.79 Å². The van der Waals surface area contributed by atoms with Gasteiger partial charge in [-0.15, -0.1) is 0 Å². The van der Waals surface area contributed by atoms with Crippen molar-refractivity contribution in [3.63, 3.8) is 0 Å². The number of aryl methyl sites for hydroxylation is 1. The molecule has 0 saturated heterocycles. The Kier molecular flexibility index (Phi) is 6.16. The number of sulfonamides is 1. The molecular formula is C14H22N2O3S. The molecule has 0 aliphatic rings. The number of carbonyl (C=O) groups is 1. The summed E-state index contributed by atoms with van der Waals surface area (Å²) in [7, 11) is -3.63. The summed E-state index contributed by atoms with van der Waals surface area (Å²) in [5, 5.41) is 2.68. The van der Waals surface area contributed by atoms with Crippen LogP contribution in [0.3, 0.4) is 0 Å². The third kappa shape index (κ3) is 5.71. The van der Waals surface area contributed by atoms with Gasteiger partial charge in [0, 0.05) is 6.54 Å². The Morgan fingerprint density at radius 1 is 1.30 bits per heavy atom. The molecule has 0 heterocycles. The average Bonchev–Trinajstić information content (AvgIpc) is 2.36. The Labute approximate surface area is 120 Å². The number of hydrogen-bond acceptors (Lipinski definition) is 3. The lowest BCUT2D eigenvalue weighted by atomic mass is 10.1. The van der Waals surface area contributed by atoms with Crippen LogP contribution in [-0.4, -0.2) is 27.4 Å². The molecule has 0 spiro atoms. The van der Waals surface area contributed by atoms with Crippen LogP contribution >= 0.6 is 0 Å². The normalized spacial score (nSPS) is 11.6. The quantitative estimate of drug-likeness (QED) is 0.799. The highest BCUT2D eigenvalue weighted by molar-refractivity contribution is 7.89. The minimum atomic E-state index is -3.63. The van der Waals surface area contributed by atoms with E-state index in [4.69, 9.17) is 0 Å². The fourth-order valence-electron chi connectivity index (χ4n) is 1.59. The van der Waals surface area contributed by atoms with Gasteiger partial charge in [0.25, 0.3) is 0 Å². The van der Waals surface area contributed by atoms with Crippen LogP contribution in [0.2, 0.25) is 0 Å². The summed E-state index contributed by atoms with van der Waals surface area (Å²) in [6.07, 6.45) is 0.871. The molecule has 112 valence electrons. The Morgan fingerprint density at radius 3 is 2.60 bits per heavy atom. The summed E-state index contributed by atoms with van der Waals surface area (Å²) in [6, 6.07) is 6.56. The number of amides is 1. The summed E-state index contributed by atoms with van der Waals surface area (Å²) in [6.45, 7) is 6.26. The van der Waals surface area contributed by atoms with Crippen molar-refractivity contribution in [2.75, 3.05) is 13.1 Å². The SMILES string of the molecule is Cc1cccc(S(=O)(=O)NCC(=O)NCCC(C)C)c1. The Hall–Kier alpha value is -1.40. The van der Waals surface area contributed by atoms with E-state index in [1.165, 1.54) is 6.07 Å². The van der Waals surface area contributed by atoms with Crippen molar-refractivity contribution in [2.45, 2.75) is 32.1 Å². The van der Waals surface area contributed by atoms with Crippen LogP contribution < -0.4 is 10.0 Å². The van der Waals surface area contributed by atoms with E-state index in [9.17, 15) is 13.2 Å². The van der Waals surface area contributed by atoms with Crippen molar-refractivity contribution in [2.24, 2.45) is 5.92 Å². The van der Waals surface area contributed by atoms with E-state index in [2.05, 4.69) is 23.9 Å². The van der Waals surface area contributed by atoms with Gasteiger partial charge < -0.3 is 5.32 Å². The second-order valence-electron chi connectivity index (χ2n) is 5.17. The molecular weight excluding hydrogens is 276 g/mol. The minimum absolute atomic E-state index is 0.174. The zero-order valence-electron chi connectivity index (χ0n) is 12.1. The predicted molar refractivity (Wildman–Crippen MR) is 78.8 cm³/mol. The van der Waals surface area contributed by atoms with Crippen LogP contribution in [0, 0.1) is 12.8 Å². The highest BCUT2D eigenvalue weighted by Gasteiger charge is 2.15. The first-order chi connectivity index (χ1) is 9.31. The van der Waals surface area contributed by atoms with Gasteiger partial charge in [0.05, 0.1) is 11.4 Å². The van der Waals surface area contributed by atoms with Crippen LogP contribution in [-0.2, 0) is 14.8 Å². The molecule has 2 N–H and O–H groups in total. The largest absolute Gasteiger partial charge is 0.355 e. The lowest BCUT2D eigenvalue weighted by Crippen LogP contribution is -2.37. The van der Waals surface area contributed by atoms with Crippen molar-refractivity contribution in [1.29, 1.82) is 0 Å². The van der Waals surface area contributed by atoms with E-state index < -0.39 is 10.0 Å². The molecule has 20 heavy (non-hydrogen) atoms. The fourth-order valence-corrected chi connectivity index (χ4v) is 2.68. The van der Waals surface area contributed by atoms with Crippen molar-refractivity contribution >= 4 is 15.9 Å². The highest BCUT2D eigenvalue weighted by atomic mass is 32.2. The van der Waals surface area contributed by atoms with Gasteiger partial charge in [0.2, 0.25) is 15.9 Å². The first-order valence-corrected chi connectivity index (χ1v) is 8.12. The maximum absolute atomic E-state index is 12.0. The van der Waals surface area contributed by atoms with Gasteiger partial charge in [-0.1, -0.05) is 26.0 Å². The molecule has 1 rings (SSSR count). The third-order valence-corrected chi connectivity index (χ3v) is 4.17. The summed E-state index contributed by atoms with van der Waals surface area (Å²) in [5.74, 6) is 0.182. The molecule has 6 heteroatoms. The molecule has 0 radical (unpaired) electrons. The second-order valence-corrected chi connectivity index (χ2v) is 6.94. The zero-order chi connectivity index (χ0) is 15.2. The standard InChI is InChI=1S/C14H22N2O3S/c1-11(2)7-8-15-14(17)10-16-20(18,19)13-6-4-5-12(3)9-13/h4-6,9,11,16H,7-8,10H2,1-3H3,(H,15,17). The van der Waals surface area contributed by atoms with Gasteiger partial charge in [-0.25, -0.2) is 13.1 Å². The summed E-state index contributed by atoms with van der Waals surface area (Å²) >= 11 is 0. The molecule has 0 fully saturated rings. The van der Waals surface area contributed by atoms with Crippen LogP contribution in [0.5, 0.6) is 0 Å². The lowest BCUT2D eigenvalue weighted by molar-refractivity contribution is -0.119. The smallest absolute Gasteiger partial charge is 0.241 e. The molecule has 1 aromatic carbocycles. The first-order valence-electron chi connectivity index (χ1n) is 6.64. The number of carbonyl (C=O) groups excluding carboxylic acids is 1. The monoisotopic (exact) mass is 298 g/mol. The van der Waals surface area contributed by atoms with Gasteiger partial charge >= 0.3 is 0 Å².